The predicted octanol–water partition coefficient (Wildman–Crippen LogP) is 0.511. The van der Waals surface area contributed by atoms with Gasteiger partial charge in [0.15, 0.2) is 0 Å². The van der Waals surface area contributed by atoms with Crippen LogP contribution in [0.1, 0.15) is 26.3 Å². The lowest BCUT2D eigenvalue weighted by Crippen LogP contribution is -2.24. The summed E-state index contributed by atoms with van der Waals surface area (Å²) in [6, 6.07) is 0.0891. The van der Waals surface area contributed by atoms with E-state index < -0.39 is 0 Å². The van der Waals surface area contributed by atoms with Gasteiger partial charge in [0.05, 0.1) is 6.04 Å². The summed E-state index contributed by atoms with van der Waals surface area (Å²) in [6.45, 7) is 7.35. The summed E-state index contributed by atoms with van der Waals surface area (Å²) >= 11 is 0. The second-order valence-electron chi connectivity index (χ2n) is 2.59. The Labute approximate surface area is 70.3 Å². The third-order valence-electron chi connectivity index (χ3n) is 1.81. The average molecular weight is 168 g/mol. The molecule has 0 aromatic carbocycles. The molecule has 0 saturated carbocycles. The van der Waals surface area contributed by atoms with E-state index in [1.165, 1.54) is 10.9 Å². The number of rotatable bonds is 3. The van der Waals surface area contributed by atoms with Crippen LogP contribution in [0.25, 0.3) is 6.20 Å². The zero-order chi connectivity index (χ0) is 9.14. The van der Waals surface area contributed by atoms with E-state index in [1.807, 2.05) is 13.8 Å². The van der Waals surface area contributed by atoms with Gasteiger partial charge in [-0.25, -0.2) is 4.79 Å². The maximum Gasteiger partial charge on any atom is 0.368 e. The molecule has 5 heteroatoms. The van der Waals surface area contributed by atoms with Gasteiger partial charge in [0.1, 0.15) is 0 Å². The highest BCUT2D eigenvalue weighted by Crippen LogP contribution is 2.02. The Hall–Kier alpha value is -1.39. The van der Waals surface area contributed by atoms with Crippen molar-refractivity contribution >= 4 is 6.20 Å². The molecular weight excluding hydrogens is 156 g/mol. The second kappa shape index (κ2) is 3.34. The van der Waals surface area contributed by atoms with Gasteiger partial charge in [-0.15, -0.1) is 0 Å². The molecule has 1 rings (SSSR count). The van der Waals surface area contributed by atoms with Crippen LogP contribution in [-0.2, 0) is 0 Å². The molecule has 0 spiro atoms. The van der Waals surface area contributed by atoms with Gasteiger partial charge in [0, 0.05) is 6.20 Å². The van der Waals surface area contributed by atoms with Gasteiger partial charge in [-0.3, -0.25) is 0 Å². The molecule has 0 aliphatic rings. The molecule has 1 unspecified atom stereocenters. The number of hydrogen-bond donors (Lipinski definition) is 0. The van der Waals surface area contributed by atoms with Crippen LogP contribution < -0.4 is 5.69 Å². The molecule has 1 atom stereocenters. The first-order valence-electron chi connectivity index (χ1n) is 3.87. The van der Waals surface area contributed by atoms with E-state index in [0.717, 1.165) is 11.1 Å². The Morgan fingerprint density at radius 1 is 1.67 bits per heavy atom. The fourth-order valence-electron chi connectivity index (χ4n) is 0.832. The van der Waals surface area contributed by atoms with E-state index in [4.69, 9.17) is 0 Å². The second-order valence-corrected chi connectivity index (χ2v) is 2.59. The van der Waals surface area contributed by atoms with Gasteiger partial charge in [0.2, 0.25) is 0 Å². The van der Waals surface area contributed by atoms with E-state index in [0.29, 0.717) is 0 Å². The molecule has 0 aliphatic carbocycles. The van der Waals surface area contributed by atoms with E-state index in [-0.39, 0.29) is 11.7 Å². The molecule has 5 nitrogen and oxygen atoms in total. The van der Waals surface area contributed by atoms with Crippen LogP contribution in [0.15, 0.2) is 11.4 Å². The monoisotopic (exact) mass is 168 g/mol. The van der Waals surface area contributed by atoms with Crippen LogP contribution in [0.4, 0.5) is 0 Å². The van der Waals surface area contributed by atoms with Crippen LogP contribution in [0.2, 0.25) is 0 Å². The average Bonchev–Trinajstić information content (AvgIpc) is 2.45. The zero-order valence-corrected chi connectivity index (χ0v) is 7.27. The summed E-state index contributed by atoms with van der Waals surface area (Å²) in [7, 11) is 0. The summed E-state index contributed by atoms with van der Waals surface area (Å²) < 4.78 is 2.47. The minimum Gasteiger partial charge on any atom is -0.244 e. The molecule has 1 heterocycles. The summed E-state index contributed by atoms with van der Waals surface area (Å²) in [4.78, 5) is 11.3. The third kappa shape index (κ3) is 1.30. The van der Waals surface area contributed by atoms with Crippen molar-refractivity contribution in [2.45, 2.75) is 26.3 Å². The molecule has 0 saturated heterocycles. The zero-order valence-electron chi connectivity index (χ0n) is 7.27. The summed E-state index contributed by atoms with van der Waals surface area (Å²) in [5.74, 6) is 0. The largest absolute Gasteiger partial charge is 0.368 e. The van der Waals surface area contributed by atoms with Crippen LogP contribution >= 0.6 is 0 Å². The van der Waals surface area contributed by atoms with E-state index in [9.17, 15) is 4.79 Å². The maximum absolute atomic E-state index is 11.3. The lowest BCUT2D eigenvalue weighted by Gasteiger charge is -2.03. The SMILES string of the molecule is C=Cn1nnn(C(C)CC)c1=O. The van der Waals surface area contributed by atoms with Gasteiger partial charge >= 0.3 is 5.69 Å². The molecule has 12 heavy (non-hydrogen) atoms. The Kier molecular flexibility index (Phi) is 2.42. The molecule has 0 bridgehead atoms. The number of aromatic nitrogens is 4. The molecule has 0 amide bonds. The smallest absolute Gasteiger partial charge is 0.244 e. The van der Waals surface area contributed by atoms with Gasteiger partial charge in [-0.2, -0.15) is 9.36 Å². The molecule has 0 fully saturated rings. The van der Waals surface area contributed by atoms with Gasteiger partial charge in [0.25, 0.3) is 0 Å². The van der Waals surface area contributed by atoms with Crippen LogP contribution in [0, 0.1) is 0 Å². The summed E-state index contributed by atoms with van der Waals surface area (Å²) in [6.07, 6.45) is 2.20. The highest BCUT2D eigenvalue weighted by Gasteiger charge is 2.08. The maximum atomic E-state index is 11.3. The first-order chi connectivity index (χ1) is 5.70. The number of tetrazole rings is 1. The summed E-state index contributed by atoms with van der Waals surface area (Å²) in [5, 5.41) is 7.31. The Morgan fingerprint density at radius 2 is 2.33 bits per heavy atom. The highest BCUT2D eigenvalue weighted by molar-refractivity contribution is 5.10. The van der Waals surface area contributed by atoms with Crippen molar-refractivity contribution in [1.29, 1.82) is 0 Å². The van der Waals surface area contributed by atoms with Crippen molar-refractivity contribution in [2.75, 3.05) is 0 Å². The fourth-order valence-corrected chi connectivity index (χ4v) is 0.832. The first kappa shape index (κ1) is 8.70. The van der Waals surface area contributed by atoms with Crippen LogP contribution in [0.5, 0.6) is 0 Å². The van der Waals surface area contributed by atoms with Gasteiger partial charge < -0.3 is 0 Å². The van der Waals surface area contributed by atoms with E-state index in [2.05, 4.69) is 17.0 Å². The third-order valence-corrected chi connectivity index (χ3v) is 1.81. The fraction of sp³-hybridized carbons (Fsp3) is 0.571. The van der Waals surface area contributed by atoms with Crippen LogP contribution in [-0.4, -0.2) is 19.8 Å². The molecular formula is C7H12N4O. The van der Waals surface area contributed by atoms with Crippen molar-refractivity contribution in [3.8, 4) is 0 Å². The highest BCUT2D eigenvalue weighted by atomic mass is 16.2. The quantitative estimate of drug-likeness (QED) is 0.660. The normalized spacial score (nSPS) is 12.8. The molecule has 0 aliphatic heterocycles. The molecule has 0 N–H and O–H groups in total. The molecule has 1 aromatic heterocycles. The molecule has 0 radical (unpaired) electrons. The van der Waals surface area contributed by atoms with Gasteiger partial charge in [-0.1, -0.05) is 13.5 Å². The Morgan fingerprint density at radius 3 is 2.75 bits per heavy atom. The number of nitrogens with zero attached hydrogens (tertiary/aromatic N) is 4. The minimum absolute atomic E-state index is 0.0891. The lowest BCUT2D eigenvalue weighted by molar-refractivity contribution is 0.452. The standard InChI is InChI=1S/C7H12N4O/c1-4-6(3)11-7(12)10(5-2)8-9-11/h5-6H,2,4H2,1,3H3. The molecule has 1 aromatic rings. The van der Waals surface area contributed by atoms with Crippen molar-refractivity contribution < 1.29 is 0 Å². The minimum atomic E-state index is -0.237. The summed E-state index contributed by atoms with van der Waals surface area (Å²) in [5.41, 5.74) is -0.237. The lowest BCUT2D eigenvalue weighted by atomic mass is 10.3. The van der Waals surface area contributed by atoms with E-state index in [1.54, 1.807) is 0 Å². The van der Waals surface area contributed by atoms with Gasteiger partial charge in [-0.05, 0) is 23.8 Å². The number of hydrogen-bond acceptors (Lipinski definition) is 3. The van der Waals surface area contributed by atoms with Crippen molar-refractivity contribution in [3.63, 3.8) is 0 Å². The van der Waals surface area contributed by atoms with Crippen molar-refractivity contribution in [3.05, 3.63) is 17.1 Å². The van der Waals surface area contributed by atoms with Crippen LogP contribution in [0.3, 0.4) is 0 Å². The predicted molar refractivity (Wildman–Crippen MR) is 45.7 cm³/mol. The molecule has 66 valence electrons. The topological polar surface area (TPSA) is 52.7 Å². The Balaban J connectivity index is 3.10. The Bertz CT molecular complexity index is 324. The van der Waals surface area contributed by atoms with Crippen molar-refractivity contribution in [1.82, 2.24) is 19.8 Å². The van der Waals surface area contributed by atoms with E-state index >= 15 is 0 Å². The van der Waals surface area contributed by atoms with Crippen molar-refractivity contribution in [2.24, 2.45) is 0 Å². The first-order valence-corrected chi connectivity index (χ1v) is 3.87.